The van der Waals surface area contributed by atoms with Crippen LogP contribution in [0.25, 0.3) is 0 Å². The van der Waals surface area contributed by atoms with E-state index in [2.05, 4.69) is 17.0 Å². The molecule has 2 heterocycles. The van der Waals surface area contributed by atoms with Crippen molar-refractivity contribution in [3.05, 3.63) is 54.4 Å². The van der Waals surface area contributed by atoms with Gasteiger partial charge in [0.25, 0.3) is 5.91 Å². The van der Waals surface area contributed by atoms with Crippen molar-refractivity contribution < 1.29 is 13.2 Å². The fourth-order valence-corrected chi connectivity index (χ4v) is 6.13. The molecule has 1 amide bonds. The van der Waals surface area contributed by atoms with Crippen LogP contribution >= 0.6 is 0 Å². The highest BCUT2D eigenvalue weighted by Crippen LogP contribution is 2.27. The molecule has 0 unspecified atom stereocenters. The van der Waals surface area contributed by atoms with Crippen LogP contribution in [0.1, 0.15) is 61.3 Å². The third-order valence-corrected chi connectivity index (χ3v) is 8.59. The van der Waals surface area contributed by atoms with Crippen molar-refractivity contribution in [3.63, 3.8) is 0 Å². The van der Waals surface area contributed by atoms with Gasteiger partial charge in [0.2, 0.25) is 10.0 Å². The summed E-state index contributed by atoms with van der Waals surface area (Å²) in [7, 11) is -1.85. The van der Waals surface area contributed by atoms with Crippen LogP contribution in [0.2, 0.25) is 0 Å². The van der Waals surface area contributed by atoms with Gasteiger partial charge in [-0.2, -0.15) is 4.31 Å². The van der Waals surface area contributed by atoms with Crippen molar-refractivity contribution in [2.45, 2.75) is 61.9 Å². The van der Waals surface area contributed by atoms with Gasteiger partial charge in [-0.15, -0.1) is 0 Å². The number of hydrogen-bond donors (Lipinski definition) is 0. The lowest BCUT2D eigenvalue weighted by Gasteiger charge is -2.33. The van der Waals surface area contributed by atoms with Crippen LogP contribution in [-0.2, 0) is 10.0 Å². The Balaban J connectivity index is 1.40. The van der Waals surface area contributed by atoms with Crippen LogP contribution < -0.4 is 0 Å². The lowest BCUT2D eigenvalue weighted by Crippen LogP contribution is -2.39. The summed E-state index contributed by atoms with van der Waals surface area (Å²) in [6.07, 6.45) is 11.2. The standard InChI is InChI=1S/C23H31N3O3S/c1-24(20-7-3-2-4-8-20)30(28,29)22-11-9-19(10-12-22)23(27)26-17-13-21(14-18-26)25-15-5-6-16-25/h5-6,9-12,15-16,20-21H,2-4,7-8,13-14,17-18H2,1H3. The number of benzene rings is 1. The third kappa shape index (κ3) is 4.32. The van der Waals surface area contributed by atoms with Gasteiger partial charge in [-0.25, -0.2) is 8.42 Å². The van der Waals surface area contributed by atoms with Gasteiger partial charge in [0.1, 0.15) is 0 Å². The van der Waals surface area contributed by atoms with E-state index in [1.807, 2.05) is 17.0 Å². The van der Waals surface area contributed by atoms with E-state index in [1.165, 1.54) is 10.7 Å². The van der Waals surface area contributed by atoms with Crippen LogP contribution in [0.4, 0.5) is 0 Å². The lowest BCUT2D eigenvalue weighted by atomic mass is 9.96. The van der Waals surface area contributed by atoms with Gasteiger partial charge in [0, 0.05) is 50.2 Å². The molecule has 1 aliphatic heterocycles. The van der Waals surface area contributed by atoms with Gasteiger partial charge in [-0.05, 0) is 62.1 Å². The maximum atomic E-state index is 13.0. The Kier molecular flexibility index (Phi) is 6.29. The van der Waals surface area contributed by atoms with Crippen LogP contribution in [0, 0.1) is 0 Å². The summed E-state index contributed by atoms with van der Waals surface area (Å²) in [4.78, 5) is 15.0. The molecule has 2 fully saturated rings. The Morgan fingerprint density at radius 2 is 1.53 bits per heavy atom. The number of sulfonamides is 1. The summed E-state index contributed by atoms with van der Waals surface area (Å²) in [5.41, 5.74) is 0.550. The highest BCUT2D eigenvalue weighted by atomic mass is 32.2. The molecule has 7 heteroatoms. The molecule has 162 valence electrons. The first-order valence-corrected chi connectivity index (χ1v) is 12.4. The molecule has 1 saturated carbocycles. The second-order valence-corrected chi connectivity index (χ2v) is 10.5. The Hall–Kier alpha value is -2.12. The van der Waals surface area contributed by atoms with Gasteiger partial charge in [-0.1, -0.05) is 19.3 Å². The first-order chi connectivity index (χ1) is 14.5. The molecule has 0 radical (unpaired) electrons. The van der Waals surface area contributed by atoms with E-state index >= 15 is 0 Å². The minimum atomic E-state index is -3.53. The molecule has 0 spiro atoms. The van der Waals surface area contributed by atoms with E-state index in [4.69, 9.17) is 0 Å². The number of rotatable bonds is 5. The molecule has 2 aliphatic rings. The molecular weight excluding hydrogens is 398 g/mol. The molecule has 0 bridgehead atoms. The number of carbonyl (C=O) groups excluding carboxylic acids is 1. The van der Waals surface area contributed by atoms with Crippen molar-refractivity contribution in [3.8, 4) is 0 Å². The zero-order valence-corrected chi connectivity index (χ0v) is 18.4. The first kappa shape index (κ1) is 21.1. The van der Waals surface area contributed by atoms with Crippen molar-refractivity contribution in [1.82, 2.24) is 13.8 Å². The number of amides is 1. The molecule has 6 nitrogen and oxygen atoms in total. The normalized spacial score (nSPS) is 19.3. The summed E-state index contributed by atoms with van der Waals surface area (Å²) < 4.78 is 29.7. The lowest BCUT2D eigenvalue weighted by molar-refractivity contribution is 0.0694. The largest absolute Gasteiger partial charge is 0.351 e. The maximum Gasteiger partial charge on any atom is 0.253 e. The van der Waals surface area contributed by atoms with Crippen LogP contribution in [-0.4, -0.2) is 54.3 Å². The first-order valence-electron chi connectivity index (χ1n) is 11.0. The Labute approximate surface area is 179 Å². The third-order valence-electron chi connectivity index (χ3n) is 6.67. The molecule has 0 N–H and O–H groups in total. The minimum Gasteiger partial charge on any atom is -0.351 e. The van der Waals surface area contributed by atoms with E-state index in [0.717, 1.165) is 38.5 Å². The predicted molar refractivity (Wildman–Crippen MR) is 117 cm³/mol. The predicted octanol–water partition coefficient (Wildman–Crippen LogP) is 3.92. The monoisotopic (exact) mass is 429 g/mol. The fraction of sp³-hybridized carbons (Fsp3) is 0.522. The number of aromatic nitrogens is 1. The smallest absolute Gasteiger partial charge is 0.253 e. The number of hydrogen-bond acceptors (Lipinski definition) is 3. The molecular formula is C23H31N3O3S. The minimum absolute atomic E-state index is 0.0226. The summed E-state index contributed by atoms with van der Waals surface area (Å²) in [6, 6.07) is 11.0. The topological polar surface area (TPSA) is 62.6 Å². The van der Waals surface area contributed by atoms with Crippen molar-refractivity contribution >= 4 is 15.9 Å². The zero-order chi connectivity index (χ0) is 21.1. The highest BCUT2D eigenvalue weighted by Gasteiger charge is 2.29. The van der Waals surface area contributed by atoms with Gasteiger partial charge in [-0.3, -0.25) is 4.79 Å². The molecule has 2 aromatic rings. The second kappa shape index (κ2) is 8.94. The van der Waals surface area contributed by atoms with E-state index < -0.39 is 10.0 Å². The molecule has 1 aliphatic carbocycles. The molecule has 1 aromatic carbocycles. The van der Waals surface area contributed by atoms with E-state index in [1.54, 1.807) is 31.3 Å². The maximum absolute atomic E-state index is 13.0. The summed E-state index contributed by atoms with van der Waals surface area (Å²) in [6.45, 7) is 1.43. The molecule has 1 aromatic heterocycles. The fourth-order valence-electron chi connectivity index (χ4n) is 4.72. The number of piperidine rings is 1. The van der Waals surface area contributed by atoms with Crippen molar-refractivity contribution in [1.29, 1.82) is 0 Å². The van der Waals surface area contributed by atoms with Gasteiger partial charge < -0.3 is 9.47 Å². The quantitative estimate of drug-likeness (QED) is 0.724. The van der Waals surface area contributed by atoms with Crippen LogP contribution in [0.5, 0.6) is 0 Å². The second-order valence-electron chi connectivity index (χ2n) is 8.49. The zero-order valence-electron chi connectivity index (χ0n) is 17.6. The summed E-state index contributed by atoms with van der Waals surface area (Å²) in [5, 5.41) is 0. The van der Waals surface area contributed by atoms with Crippen LogP contribution in [0.3, 0.4) is 0 Å². The van der Waals surface area contributed by atoms with Gasteiger partial charge in [0.15, 0.2) is 0 Å². The van der Waals surface area contributed by atoms with Crippen molar-refractivity contribution in [2.75, 3.05) is 20.1 Å². The van der Waals surface area contributed by atoms with Crippen LogP contribution in [0.15, 0.2) is 53.7 Å². The average Bonchev–Trinajstić information content (AvgIpc) is 3.34. The van der Waals surface area contributed by atoms with Gasteiger partial charge >= 0.3 is 0 Å². The van der Waals surface area contributed by atoms with E-state index in [-0.39, 0.29) is 16.8 Å². The highest BCUT2D eigenvalue weighted by molar-refractivity contribution is 7.89. The summed E-state index contributed by atoms with van der Waals surface area (Å²) >= 11 is 0. The van der Waals surface area contributed by atoms with E-state index in [0.29, 0.717) is 24.7 Å². The molecule has 30 heavy (non-hydrogen) atoms. The molecule has 1 saturated heterocycles. The summed E-state index contributed by atoms with van der Waals surface area (Å²) in [5.74, 6) is -0.0226. The Morgan fingerprint density at radius 1 is 0.933 bits per heavy atom. The van der Waals surface area contributed by atoms with E-state index in [9.17, 15) is 13.2 Å². The Morgan fingerprint density at radius 3 is 2.13 bits per heavy atom. The van der Waals surface area contributed by atoms with Gasteiger partial charge in [0.05, 0.1) is 4.90 Å². The average molecular weight is 430 g/mol. The number of likely N-dealkylation sites (tertiary alicyclic amines) is 1. The Bertz CT molecular complexity index is 940. The number of nitrogens with zero attached hydrogens (tertiary/aromatic N) is 3. The number of carbonyl (C=O) groups is 1. The van der Waals surface area contributed by atoms with Crippen molar-refractivity contribution in [2.24, 2.45) is 0 Å². The SMILES string of the molecule is CN(C1CCCCC1)S(=O)(=O)c1ccc(C(=O)N2CCC(n3cccc3)CC2)cc1. The molecule has 0 atom stereocenters. The molecule has 4 rings (SSSR count).